The fraction of sp³-hybridized carbons (Fsp3) is 0.143. The van der Waals surface area contributed by atoms with Crippen LogP contribution < -0.4 is 10.1 Å². The summed E-state index contributed by atoms with van der Waals surface area (Å²) in [5.41, 5.74) is 2.20. The van der Waals surface area contributed by atoms with Crippen LogP contribution in [0.2, 0.25) is 0 Å². The molecule has 0 atom stereocenters. The van der Waals surface area contributed by atoms with E-state index in [1.165, 1.54) is 6.20 Å². The third kappa shape index (κ3) is 3.32. The van der Waals surface area contributed by atoms with Gasteiger partial charge in [-0.05, 0) is 52.7 Å². The molecular formula is C14H13BrN2O2. The van der Waals surface area contributed by atoms with E-state index in [1.54, 1.807) is 19.4 Å². The van der Waals surface area contributed by atoms with E-state index >= 15 is 0 Å². The Balaban J connectivity index is 2.19. The minimum atomic E-state index is -0.193. The number of aromatic nitrogens is 1. The van der Waals surface area contributed by atoms with Crippen LogP contribution in [0.25, 0.3) is 0 Å². The Morgan fingerprint density at radius 1 is 1.32 bits per heavy atom. The number of nitrogens with one attached hydrogen (secondary N) is 1. The fourth-order valence-electron chi connectivity index (χ4n) is 1.63. The van der Waals surface area contributed by atoms with Crippen molar-refractivity contribution in [3.63, 3.8) is 0 Å². The van der Waals surface area contributed by atoms with Crippen molar-refractivity contribution in [3.8, 4) is 5.75 Å². The van der Waals surface area contributed by atoms with Gasteiger partial charge in [0.1, 0.15) is 5.75 Å². The molecule has 0 bridgehead atoms. The van der Waals surface area contributed by atoms with Gasteiger partial charge in [-0.3, -0.25) is 9.78 Å². The Bertz CT molecular complexity index is 614. The summed E-state index contributed by atoms with van der Waals surface area (Å²) >= 11 is 3.29. The zero-order valence-corrected chi connectivity index (χ0v) is 12.2. The lowest BCUT2D eigenvalue weighted by Crippen LogP contribution is -2.13. The number of aryl methyl sites for hydroxylation is 1. The summed E-state index contributed by atoms with van der Waals surface area (Å²) in [6, 6.07) is 7.22. The number of pyridine rings is 1. The molecule has 5 heteroatoms. The second-order valence-corrected chi connectivity index (χ2v) is 4.94. The number of anilines is 1. The van der Waals surface area contributed by atoms with Crippen molar-refractivity contribution in [1.29, 1.82) is 0 Å². The van der Waals surface area contributed by atoms with Crippen molar-refractivity contribution >= 4 is 27.5 Å². The summed E-state index contributed by atoms with van der Waals surface area (Å²) < 4.78 is 5.90. The summed E-state index contributed by atoms with van der Waals surface area (Å²) in [6.07, 6.45) is 3.16. The zero-order chi connectivity index (χ0) is 13.8. The molecule has 0 aliphatic carbocycles. The number of methoxy groups -OCH3 is 1. The molecule has 2 rings (SSSR count). The average molecular weight is 321 g/mol. The summed E-state index contributed by atoms with van der Waals surface area (Å²) in [4.78, 5) is 16.0. The van der Waals surface area contributed by atoms with Gasteiger partial charge in [0.25, 0.3) is 5.91 Å². The van der Waals surface area contributed by atoms with E-state index in [4.69, 9.17) is 4.74 Å². The van der Waals surface area contributed by atoms with Crippen LogP contribution in [0.5, 0.6) is 5.75 Å². The normalized spacial score (nSPS) is 10.1. The Morgan fingerprint density at radius 3 is 2.74 bits per heavy atom. The van der Waals surface area contributed by atoms with E-state index in [-0.39, 0.29) is 5.91 Å². The molecule has 1 amide bonds. The summed E-state index contributed by atoms with van der Waals surface area (Å²) in [7, 11) is 1.61. The predicted octanol–water partition coefficient (Wildman–Crippen LogP) is 3.41. The minimum Gasteiger partial charge on any atom is -0.497 e. The molecular weight excluding hydrogens is 308 g/mol. The fourth-order valence-corrected chi connectivity index (χ4v) is 2.00. The largest absolute Gasteiger partial charge is 0.497 e. The number of halogens is 1. The standard InChI is InChI=1S/C14H13BrN2O2/c1-9-5-12(19-2)3-4-13(9)17-14(18)10-6-11(15)8-16-7-10/h3-8H,1-2H3,(H,17,18). The first kappa shape index (κ1) is 13.5. The molecule has 1 heterocycles. The highest BCUT2D eigenvalue weighted by atomic mass is 79.9. The molecule has 0 saturated carbocycles. The number of nitrogens with zero attached hydrogens (tertiary/aromatic N) is 1. The topological polar surface area (TPSA) is 51.2 Å². The number of benzene rings is 1. The molecule has 0 aliphatic heterocycles. The first-order valence-electron chi connectivity index (χ1n) is 5.66. The first-order valence-corrected chi connectivity index (χ1v) is 6.46. The summed E-state index contributed by atoms with van der Waals surface area (Å²) in [5.74, 6) is 0.571. The minimum absolute atomic E-state index is 0.193. The maximum Gasteiger partial charge on any atom is 0.257 e. The van der Waals surface area contributed by atoms with Crippen LogP contribution in [0.3, 0.4) is 0 Å². The Morgan fingerprint density at radius 2 is 2.11 bits per heavy atom. The number of ether oxygens (including phenoxy) is 1. The van der Waals surface area contributed by atoms with Gasteiger partial charge in [0.05, 0.1) is 12.7 Å². The molecule has 0 saturated heterocycles. The van der Waals surface area contributed by atoms with Crippen LogP contribution in [0, 0.1) is 6.92 Å². The third-order valence-corrected chi connectivity index (χ3v) is 3.08. The highest BCUT2D eigenvalue weighted by Gasteiger charge is 2.09. The molecule has 1 N–H and O–H groups in total. The molecule has 2 aromatic rings. The summed E-state index contributed by atoms with van der Waals surface area (Å²) in [5, 5.41) is 2.85. The quantitative estimate of drug-likeness (QED) is 0.942. The SMILES string of the molecule is COc1ccc(NC(=O)c2cncc(Br)c2)c(C)c1. The second kappa shape index (κ2) is 5.84. The second-order valence-electron chi connectivity index (χ2n) is 4.03. The van der Waals surface area contributed by atoms with Gasteiger partial charge in [-0.2, -0.15) is 0 Å². The Labute approximate surface area is 119 Å². The number of amides is 1. The van der Waals surface area contributed by atoms with Crippen LogP contribution in [-0.4, -0.2) is 18.0 Å². The number of rotatable bonds is 3. The molecule has 0 fully saturated rings. The van der Waals surface area contributed by atoms with Gasteiger partial charge in [-0.1, -0.05) is 0 Å². The molecule has 0 unspecified atom stereocenters. The van der Waals surface area contributed by atoms with E-state index in [9.17, 15) is 4.79 Å². The molecule has 1 aromatic carbocycles. The number of hydrogen-bond donors (Lipinski definition) is 1. The summed E-state index contributed by atoms with van der Waals surface area (Å²) in [6.45, 7) is 1.91. The lowest BCUT2D eigenvalue weighted by atomic mass is 10.1. The van der Waals surface area contributed by atoms with Gasteiger partial charge in [-0.15, -0.1) is 0 Å². The van der Waals surface area contributed by atoms with Crippen molar-refractivity contribution in [3.05, 3.63) is 52.3 Å². The Hall–Kier alpha value is -1.88. The van der Waals surface area contributed by atoms with Crippen molar-refractivity contribution in [2.24, 2.45) is 0 Å². The van der Waals surface area contributed by atoms with Gasteiger partial charge in [0.2, 0.25) is 0 Å². The van der Waals surface area contributed by atoms with Crippen LogP contribution in [0.15, 0.2) is 41.1 Å². The smallest absolute Gasteiger partial charge is 0.257 e. The van der Waals surface area contributed by atoms with Gasteiger partial charge in [0, 0.05) is 22.6 Å². The van der Waals surface area contributed by atoms with Crippen LogP contribution in [-0.2, 0) is 0 Å². The number of carbonyl (C=O) groups is 1. The van der Waals surface area contributed by atoms with Crippen LogP contribution in [0.4, 0.5) is 5.69 Å². The molecule has 4 nitrogen and oxygen atoms in total. The van der Waals surface area contributed by atoms with Crippen molar-refractivity contribution < 1.29 is 9.53 Å². The first-order chi connectivity index (χ1) is 9.10. The predicted molar refractivity (Wildman–Crippen MR) is 77.6 cm³/mol. The maximum atomic E-state index is 12.1. The highest BCUT2D eigenvalue weighted by Crippen LogP contribution is 2.21. The zero-order valence-electron chi connectivity index (χ0n) is 10.6. The van der Waals surface area contributed by atoms with Crippen molar-refractivity contribution in [2.45, 2.75) is 6.92 Å². The number of hydrogen-bond acceptors (Lipinski definition) is 3. The van der Waals surface area contributed by atoms with Crippen LogP contribution >= 0.6 is 15.9 Å². The monoisotopic (exact) mass is 320 g/mol. The van der Waals surface area contributed by atoms with Gasteiger partial charge >= 0.3 is 0 Å². The molecule has 0 radical (unpaired) electrons. The van der Waals surface area contributed by atoms with E-state index in [1.807, 2.05) is 25.1 Å². The Kier molecular flexibility index (Phi) is 4.16. The van der Waals surface area contributed by atoms with Gasteiger partial charge < -0.3 is 10.1 Å². The van der Waals surface area contributed by atoms with Crippen LogP contribution in [0.1, 0.15) is 15.9 Å². The highest BCUT2D eigenvalue weighted by molar-refractivity contribution is 9.10. The third-order valence-electron chi connectivity index (χ3n) is 2.65. The van der Waals surface area contributed by atoms with E-state index in [0.717, 1.165) is 21.5 Å². The molecule has 98 valence electrons. The number of carbonyl (C=O) groups excluding carboxylic acids is 1. The van der Waals surface area contributed by atoms with Gasteiger partial charge in [-0.25, -0.2) is 0 Å². The lowest BCUT2D eigenvalue weighted by Gasteiger charge is -2.09. The maximum absolute atomic E-state index is 12.1. The molecule has 1 aromatic heterocycles. The molecule has 0 spiro atoms. The van der Waals surface area contributed by atoms with Crippen molar-refractivity contribution in [1.82, 2.24) is 4.98 Å². The van der Waals surface area contributed by atoms with E-state index in [2.05, 4.69) is 26.2 Å². The van der Waals surface area contributed by atoms with E-state index < -0.39 is 0 Å². The van der Waals surface area contributed by atoms with Gasteiger partial charge in [0.15, 0.2) is 0 Å². The average Bonchev–Trinajstić information content (AvgIpc) is 2.41. The lowest BCUT2D eigenvalue weighted by molar-refractivity contribution is 0.102. The molecule has 19 heavy (non-hydrogen) atoms. The van der Waals surface area contributed by atoms with E-state index in [0.29, 0.717) is 5.56 Å². The molecule has 0 aliphatic rings. The van der Waals surface area contributed by atoms with Crippen molar-refractivity contribution in [2.75, 3.05) is 12.4 Å².